The third-order valence-electron chi connectivity index (χ3n) is 3.30. The highest BCUT2D eigenvalue weighted by Crippen LogP contribution is 2.11. The van der Waals surface area contributed by atoms with Crippen molar-refractivity contribution in [2.45, 2.75) is 12.8 Å². The smallest absolute Gasteiger partial charge is 0.308 e. The second-order valence-electron chi connectivity index (χ2n) is 5.19. The van der Waals surface area contributed by atoms with Crippen molar-refractivity contribution in [1.82, 2.24) is 10.2 Å². The summed E-state index contributed by atoms with van der Waals surface area (Å²) in [4.78, 5) is 46.3. The summed E-state index contributed by atoms with van der Waals surface area (Å²) >= 11 is 0. The molecule has 10 heteroatoms. The number of amides is 2. The largest absolute Gasteiger partial charge is 0.456 e. The first kappa shape index (κ1) is 20.6. The second kappa shape index (κ2) is 10.4. The van der Waals surface area contributed by atoms with Gasteiger partial charge in [0, 0.05) is 37.8 Å². The Morgan fingerprint density at radius 3 is 2.54 bits per heavy atom. The quantitative estimate of drug-likeness (QED) is 0.385. The lowest BCUT2D eigenvalue weighted by atomic mass is 10.2. The number of carbonyl (C=O) groups is 3. The lowest BCUT2D eigenvalue weighted by Gasteiger charge is -2.15. The maximum absolute atomic E-state index is 11.8. The second-order valence-corrected chi connectivity index (χ2v) is 5.19. The Bertz CT molecular complexity index is 710. The fraction of sp³-hybridized carbons (Fsp3) is 0.375. The molecule has 1 aromatic carbocycles. The Hall–Kier alpha value is -3.48. The SMILES string of the molecule is CN(CCC#N)C(=O)COC(=O)CCNC(=O)c1ccc([N+](=O)[O-])cc1. The van der Waals surface area contributed by atoms with Gasteiger partial charge in [0.2, 0.25) is 0 Å². The van der Waals surface area contributed by atoms with Crippen molar-refractivity contribution >= 4 is 23.5 Å². The normalized spacial score (nSPS) is 9.69. The van der Waals surface area contributed by atoms with E-state index in [1.807, 2.05) is 6.07 Å². The molecule has 10 nitrogen and oxygen atoms in total. The number of nitriles is 1. The molecule has 0 bridgehead atoms. The van der Waals surface area contributed by atoms with Crippen molar-refractivity contribution < 1.29 is 24.0 Å². The van der Waals surface area contributed by atoms with Gasteiger partial charge in [-0.2, -0.15) is 5.26 Å². The highest BCUT2D eigenvalue weighted by atomic mass is 16.6. The molecule has 0 aromatic heterocycles. The van der Waals surface area contributed by atoms with Gasteiger partial charge in [0.25, 0.3) is 17.5 Å². The zero-order valence-electron chi connectivity index (χ0n) is 14.1. The third-order valence-corrected chi connectivity index (χ3v) is 3.30. The number of benzene rings is 1. The average Bonchev–Trinajstić information content (AvgIpc) is 2.63. The van der Waals surface area contributed by atoms with Crippen LogP contribution in [0.1, 0.15) is 23.2 Å². The minimum Gasteiger partial charge on any atom is -0.456 e. The van der Waals surface area contributed by atoms with Crippen molar-refractivity contribution in [3.05, 3.63) is 39.9 Å². The molecule has 0 aliphatic heterocycles. The number of likely N-dealkylation sites (N-methyl/N-ethyl adjacent to an activating group) is 1. The molecule has 0 atom stereocenters. The van der Waals surface area contributed by atoms with E-state index in [1.165, 1.54) is 36.2 Å². The van der Waals surface area contributed by atoms with Gasteiger partial charge in [0.15, 0.2) is 6.61 Å². The van der Waals surface area contributed by atoms with Gasteiger partial charge in [-0.1, -0.05) is 0 Å². The minimum absolute atomic E-state index is 0.00683. The van der Waals surface area contributed by atoms with Crippen LogP contribution < -0.4 is 5.32 Å². The molecule has 0 heterocycles. The predicted octanol–water partition coefficient (Wildman–Crippen LogP) is 0.630. The number of nitro benzene ring substituents is 1. The molecule has 0 fully saturated rings. The summed E-state index contributed by atoms with van der Waals surface area (Å²) in [5.74, 6) is -1.57. The first-order valence-electron chi connectivity index (χ1n) is 7.64. The van der Waals surface area contributed by atoms with Gasteiger partial charge in [0.1, 0.15) is 0 Å². The molecule has 2 amide bonds. The summed E-state index contributed by atoms with van der Waals surface area (Å²) in [5, 5.41) is 21.5. The molecule has 1 N–H and O–H groups in total. The van der Waals surface area contributed by atoms with Gasteiger partial charge < -0.3 is 15.0 Å². The lowest BCUT2D eigenvalue weighted by molar-refractivity contribution is -0.384. The highest BCUT2D eigenvalue weighted by molar-refractivity contribution is 5.94. The summed E-state index contributed by atoms with van der Waals surface area (Å²) in [7, 11) is 1.50. The Balaban J connectivity index is 2.30. The topological polar surface area (TPSA) is 143 Å². The van der Waals surface area contributed by atoms with Crippen LogP contribution in [0.15, 0.2) is 24.3 Å². The number of non-ortho nitro benzene ring substituents is 1. The van der Waals surface area contributed by atoms with E-state index in [-0.39, 0.29) is 37.2 Å². The molecule has 0 aliphatic rings. The minimum atomic E-state index is -0.656. The summed E-state index contributed by atoms with van der Waals surface area (Å²) in [6, 6.07) is 6.93. The molecule has 0 saturated heterocycles. The Morgan fingerprint density at radius 1 is 1.31 bits per heavy atom. The van der Waals surface area contributed by atoms with Crippen molar-refractivity contribution in [2.24, 2.45) is 0 Å². The number of nitrogens with one attached hydrogen (secondary N) is 1. The molecular formula is C16H18N4O6. The van der Waals surface area contributed by atoms with E-state index in [1.54, 1.807) is 0 Å². The van der Waals surface area contributed by atoms with Crippen molar-refractivity contribution in [3.63, 3.8) is 0 Å². The molecule has 0 unspecified atom stereocenters. The maximum Gasteiger partial charge on any atom is 0.308 e. The number of hydrogen-bond donors (Lipinski definition) is 1. The van der Waals surface area contributed by atoms with E-state index >= 15 is 0 Å². The monoisotopic (exact) mass is 362 g/mol. The van der Waals surface area contributed by atoms with Crippen molar-refractivity contribution in [1.29, 1.82) is 5.26 Å². The number of hydrogen-bond acceptors (Lipinski definition) is 7. The van der Waals surface area contributed by atoms with Crippen LogP contribution in [0.4, 0.5) is 5.69 Å². The van der Waals surface area contributed by atoms with Gasteiger partial charge in [0.05, 0.1) is 23.8 Å². The van der Waals surface area contributed by atoms with Crippen LogP contribution in [-0.2, 0) is 14.3 Å². The number of rotatable bonds is 9. The summed E-state index contributed by atoms with van der Waals surface area (Å²) in [6.07, 6.45) is 0.0543. The molecule has 1 rings (SSSR count). The standard InChI is InChI=1S/C16H18N4O6/c1-19(10-2-8-17)14(21)11-26-15(22)7-9-18-16(23)12-3-5-13(6-4-12)20(24)25/h3-6H,2,7,9-11H2,1H3,(H,18,23). The number of carbonyl (C=O) groups excluding carboxylic acids is 3. The molecule has 0 saturated carbocycles. The molecule has 1 aromatic rings. The van der Waals surface area contributed by atoms with E-state index in [0.29, 0.717) is 0 Å². The fourth-order valence-corrected chi connectivity index (χ4v) is 1.78. The fourth-order valence-electron chi connectivity index (χ4n) is 1.78. The van der Waals surface area contributed by atoms with Crippen LogP contribution in [-0.4, -0.2) is 54.4 Å². The van der Waals surface area contributed by atoms with E-state index in [4.69, 9.17) is 10.00 Å². The van der Waals surface area contributed by atoms with Gasteiger partial charge in [-0.15, -0.1) is 0 Å². The Labute approximate surface area is 149 Å². The van der Waals surface area contributed by atoms with Crippen LogP contribution in [0.5, 0.6) is 0 Å². The van der Waals surface area contributed by atoms with Gasteiger partial charge in [-0.3, -0.25) is 24.5 Å². The van der Waals surface area contributed by atoms with E-state index in [9.17, 15) is 24.5 Å². The molecule has 138 valence electrons. The number of nitrogens with zero attached hydrogens (tertiary/aromatic N) is 3. The zero-order valence-corrected chi connectivity index (χ0v) is 14.1. The average molecular weight is 362 g/mol. The number of nitro groups is 1. The number of ether oxygens (including phenoxy) is 1. The van der Waals surface area contributed by atoms with Gasteiger partial charge >= 0.3 is 5.97 Å². The van der Waals surface area contributed by atoms with Crippen LogP contribution in [0.3, 0.4) is 0 Å². The van der Waals surface area contributed by atoms with E-state index in [2.05, 4.69) is 5.32 Å². The third kappa shape index (κ3) is 6.96. The summed E-state index contributed by atoms with van der Waals surface area (Å²) in [6.45, 7) is -0.192. The van der Waals surface area contributed by atoms with Crippen LogP contribution in [0.25, 0.3) is 0 Å². The molecule has 0 radical (unpaired) electrons. The summed E-state index contributed by atoms with van der Waals surface area (Å²) in [5.41, 5.74) is 0.0906. The lowest BCUT2D eigenvalue weighted by Crippen LogP contribution is -2.32. The Kier molecular flexibility index (Phi) is 8.22. The summed E-state index contributed by atoms with van der Waals surface area (Å²) < 4.78 is 4.80. The van der Waals surface area contributed by atoms with Crippen molar-refractivity contribution in [3.8, 4) is 6.07 Å². The van der Waals surface area contributed by atoms with E-state index in [0.717, 1.165) is 0 Å². The van der Waals surface area contributed by atoms with Gasteiger partial charge in [-0.25, -0.2) is 0 Å². The van der Waals surface area contributed by atoms with Crippen LogP contribution >= 0.6 is 0 Å². The van der Waals surface area contributed by atoms with Crippen LogP contribution in [0, 0.1) is 21.4 Å². The van der Waals surface area contributed by atoms with Gasteiger partial charge in [-0.05, 0) is 12.1 Å². The first-order chi connectivity index (χ1) is 12.3. The molecular weight excluding hydrogens is 344 g/mol. The predicted molar refractivity (Wildman–Crippen MR) is 88.9 cm³/mol. The van der Waals surface area contributed by atoms with Crippen molar-refractivity contribution in [2.75, 3.05) is 26.7 Å². The zero-order chi connectivity index (χ0) is 19.5. The first-order valence-corrected chi connectivity index (χ1v) is 7.64. The molecule has 0 spiro atoms. The van der Waals surface area contributed by atoms with E-state index < -0.39 is 29.3 Å². The Morgan fingerprint density at radius 2 is 1.96 bits per heavy atom. The highest BCUT2D eigenvalue weighted by Gasteiger charge is 2.13. The maximum atomic E-state index is 11.8. The molecule has 26 heavy (non-hydrogen) atoms. The molecule has 0 aliphatic carbocycles. The number of esters is 1. The van der Waals surface area contributed by atoms with Crippen LogP contribution in [0.2, 0.25) is 0 Å².